The molecule has 0 atom stereocenters. The van der Waals surface area contributed by atoms with Crippen LogP contribution in [0.15, 0.2) is 31.5 Å². The van der Waals surface area contributed by atoms with Gasteiger partial charge in [0.25, 0.3) is 0 Å². The van der Waals surface area contributed by atoms with Gasteiger partial charge in [0.2, 0.25) is 0 Å². The van der Waals surface area contributed by atoms with Gasteiger partial charge in [0.05, 0.1) is 0 Å². The van der Waals surface area contributed by atoms with Crippen LogP contribution >= 0.6 is 11.6 Å². The van der Waals surface area contributed by atoms with Crippen LogP contribution in [0.1, 0.15) is 5.56 Å². The second-order valence-corrected chi connectivity index (χ2v) is 2.04. The Morgan fingerprint density at radius 3 is 2.40 bits per heavy atom. The molecule has 1 rings (SSSR count). The number of aryl methyl sites for hydroxylation is 1. The molecule has 1 aromatic heterocycles. The monoisotopic (exact) mass is 155 g/mol. The maximum absolute atomic E-state index is 5.53. The lowest BCUT2D eigenvalue weighted by Crippen LogP contribution is -1.73. The summed E-state index contributed by atoms with van der Waals surface area (Å²) in [5.74, 6) is 0. The molecule has 1 aromatic rings. The number of nitrogens with zero attached hydrogens (tertiary/aromatic N) is 1. The SMILES string of the molecule is C=C.Cc1ccnc(Cl)c1. The van der Waals surface area contributed by atoms with Gasteiger partial charge in [0.15, 0.2) is 0 Å². The molecule has 1 heterocycles. The van der Waals surface area contributed by atoms with Crippen molar-refractivity contribution in [2.75, 3.05) is 0 Å². The summed E-state index contributed by atoms with van der Waals surface area (Å²) in [4.78, 5) is 3.81. The zero-order valence-corrected chi connectivity index (χ0v) is 6.73. The number of hydrogen-bond donors (Lipinski definition) is 0. The van der Waals surface area contributed by atoms with Crippen LogP contribution in [-0.4, -0.2) is 4.98 Å². The fraction of sp³-hybridized carbons (Fsp3) is 0.125. The molecule has 0 unspecified atom stereocenters. The highest BCUT2D eigenvalue weighted by Crippen LogP contribution is 2.04. The minimum atomic E-state index is 0.560. The summed E-state index contributed by atoms with van der Waals surface area (Å²) >= 11 is 5.53. The first-order valence-corrected chi connectivity index (χ1v) is 3.25. The van der Waals surface area contributed by atoms with Gasteiger partial charge in [0.1, 0.15) is 5.15 Å². The summed E-state index contributed by atoms with van der Waals surface area (Å²) in [7, 11) is 0. The molecule has 0 saturated carbocycles. The van der Waals surface area contributed by atoms with Crippen LogP contribution in [0.4, 0.5) is 0 Å². The molecule has 0 N–H and O–H groups in total. The molecular formula is C8H10ClN. The maximum atomic E-state index is 5.53. The lowest BCUT2D eigenvalue weighted by atomic mass is 10.3. The van der Waals surface area contributed by atoms with E-state index in [0.29, 0.717) is 5.15 Å². The van der Waals surface area contributed by atoms with Crippen LogP contribution in [0.3, 0.4) is 0 Å². The van der Waals surface area contributed by atoms with Gasteiger partial charge in [-0.05, 0) is 24.6 Å². The first-order chi connectivity index (χ1) is 4.79. The van der Waals surface area contributed by atoms with Gasteiger partial charge in [-0.2, -0.15) is 0 Å². The largest absolute Gasteiger partial charge is 0.245 e. The van der Waals surface area contributed by atoms with E-state index in [1.807, 2.05) is 19.1 Å². The van der Waals surface area contributed by atoms with Gasteiger partial charge >= 0.3 is 0 Å². The second kappa shape index (κ2) is 5.00. The van der Waals surface area contributed by atoms with Crippen LogP contribution in [0.5, 0.6) is 0 Å². The molecule has 0 amide bonds. The normalized spacial score (nSPS) is 7.80. The maximum Gasteiger partial charge on any atom is 0.129 e. The number of hydrogen-bond acceptors (Lipinski definition) is 1. The van der Waals surface area contributed by atoms with E-state index >= 15 is 0 Å². The third kappa shape index (κ3) is 3.25. The Hall–Kier alpha value is -0.820. The van der Waals surface area contributed by atoms with Crippen molar-refractivity contribution in [2.45, 2.75) is 6.92 Å². The van der Waals surface area contributed by atoms with Crippen LogP contribution in [0, 0.1) is 6.92 Å². The summed E-state index contributed by atoms with van der Waals surface area (Å²) in [6.45, 7) is 7.98. The Morgan fingerprint density at radius 1 is 1.50 bits per heavy atom. The molecule has 0 aliphatic rings. The van der Waals surface area contributed by atoms with Gasteiger partial charge < -0.3 is 0 Å². The van der Waals surface area contributed by atoms with Crippen LogP contribution in [-0.2, 0) is 0 Å². The number of halogens is 1. The zero-order valence-electron chi connectivity index (χ0n) is 5.97. The van der Waals surface area contributed by atoms with E-state index < -0.39 is 0 Å². The molecule has 54 valence electrons. The lowest BCUT2D eigenvalue weighted by Gasteiger charge is -1.88. The van der Waals surface area contributed by atoms with Crippen molar-refractivity contribution >= 4 is 11.6 Å². The Labute approximate surface area is 66.4 Å². The van der Waals surface area contributed by atoms with E-state index in [1.165, 1.54) is 0 Å². The summed E-state index contributed by atoms with van der Waals surface area (Å²) in [6.07, 6.45) is 1.69. The average molecular weight is 156 g/mol. The summed E-state index contributed by atoms with van der Waals surface area (Å²) < 4.78 is 0. The van der Waals surface area contributed by atoms with Crippen molar-refractivity contribution < 1.29 is 0 Å². The lowest BCUT2D eigenvalue weighted by molar-refractivity contribution is 1.29. The predicted molar refractivity (Wildman–Crippen MR) is 45.2 cm³/mol. The number of aromatic nitrogens is 1. The molecule has 1 nitrogen and oxygen atoms in total. The van der Waals surface area contributed by atoms with Crippen molar-refractivity contribution in [3.05, 3.63) is 42.2 Å². The summed E-state index contributed by atoms with van der Waals surface area (Å²) in [6, 6.07) is 3.73. The highest BCUT2D eigenvalue weighted by atomic mass is 35.5. The smallest absolute Gasteiger partial charge is 0.129 e. The van der Waals surface area contributed by atoms with Crippen LogP contribution < -0.4 is 0 Å². The molecule has 10 heavy (non-hydrogen) atoms. The van der Waals surface area contributed by atoms with Gasteiger partial charge in [0, 0.05) is 6.20 Å². The van der Waals surface area contributed by atoms with E-state index in [0.717, 1.165) is 5.56 Å². The molecule has 0 saturated heterocycles. The third-order valence-corrected chi connectivity index (χ3v) is 1.09. The predicted octanol–water partition coefficient (Wildman–Crippen LogP) is 2.85. The molecule has 0 fully saturated rings. The molecule has 2 heteroatoms. The zero-order chi connectivity index (χ0) is 7.98. The molecule has 0 bridgehead atoms. The van der Waals surface area contributed by atoms with E-state index in [4.69, 9.17) is 11.6 Å². The van der Waals surface area contributed by atoms with Crippen molar-refractivity contribution in [1.29, 1.82) is 0 Å². The van der Waals surface area contributed by atoms with Crippen molar-refractivity contribution in [3.8, 4) is 0 Å². The number of rotatable bonds is 0. The van der Waals surface area contributed by atoms with Crippen molar-refractivity contribution in [2.24, 2.45) is 0 Å². The minimum absolute atomic E-state index is 0.560. The molecule has 0 aliphatic heterocycles. The van der Waals surface area contributed by atoms with Gasteiger partial charge in [-0.25, -0.2) is 4.98 Å². The highest BCUT2D eigenvalue weighted by molar-refractivity contribution is 6.29. The molecular weight excluding hydrogens is 146 g/mol. The first kappa shape index (κ1) is 9.18. The van der Waals surface area contributed by atoms with Gasteiger partial charge in [-0.3, -0.25) is 0 Å². The minimum Gasteiger partial charge on any atom is -0.245 e. The fourth-order valence-electron chi connectivity index (χ4n) is 0.499. The fourth-order valence-corrected chi connectivity index (χ4v) is 0.728. The van der Waals surface area contributed by atoms with Crippen LogP contribution in [0.2, 0.25) is 5.15 Å². The Bertz CT molecular complexity index is 181. The molecule has 0 aromatic carbocycles. The van der Waals surface area contributed by atoms with Gasteiger partial charge in [-0.1, -0.05) is 11.6 Å². The standard InChI is InChI=1S/C6H6ClN.C2H4/c1-5-2-3-8-6(7)4-5;1-2/h2-4H,1H3;1-2H2. The number of pyridine rings is 1. The summed E-state index contributed by atoms with van der Waals surface area (Å²) in [5, 5.41) is 0.560. The van der Waals surface area contributed by atoms with Crippen molar-refractivity contribution in [1.82, 2.24) is 4.98 Å². The highest BCUT2D eigenvalue weighted by Gasteiger charge is 1.84. The van der Waals surface area contributed by atoms with E-state index in [9.17, 15) is 0 Å². The van der Waals surface area contributed by atoms with E-state index in [-0.39, 0.29) is 0 Å². The van der Waals surface area contributed by atoms with Crippen LogP contribution in [0.25, 0.3) is 0 Å². The summed E-state index contributed by atoms with van der Waals surface area (Å²) in [5.41, 5.74) is 1.14. The van der Waals surface area contributed by atoms with Crippen molar-refractivity contribution in [3.63, 3.8) is 0 Å². The first-order valence-electron chi connectivity index (χ1n) is 2.87. The Morgan fingerprint density at radius 2 is 2.10 bits per heavy atom. The second-order valence-electron chi connectivity index (χ2n) is 1.66. The Kier molecular flexibility index (Phi) is 4.59. The third-order valence-electron chi connectivity index (χ3n) is 0.882. The van der Waals surface area contributed by atoms with E-state index in [2.05, 4.69) is 18.1 Å². The molecule has 0 spiro atoms. The molecule has 0 radical (unpaired) electrons. The quantitative estimate of drug-likeness (QED) is 0.415. The topological polar surface area (TPSA) is 12.9 Å². The molecule has 0 aliphatic carbocycles. The van der Waals surface area contributed by atoms with Gasteiger partial charge in [-0.15, -0.1) is 13.2 Å². The average Bonchev–Trinajstić information content (AvgIpc) is 1.91. The Balaban J connectivity index is 0.000000371. The van der Waals surface area contributed by atoms with E-state index in [1.54, 1.807) is 6.20 Å².